The first-order valence-electron chi connectivity index (χ1n) is 8.33. The fraction of sp³-hybridized carbons (Fsp3) is 0.316. The first kappa shape index (κ1) is 19.2. The Kier molecular flexibility index (Phi) is 6.54. The lowest BCUT2D eigenvalue weighted by Gasteiger charge is -2.21. The average molecular weight is 357 g/mol. The van der Waals surface area contributed by atoms with Gasteiger partial charge in [-0.1, -0.05) is 25.1 Å². The van der Waals surface area contributed by atoms with Crippen LogP contribution in [0.15, 0.2) is 47.4 Å². The van der Waals surface area contributed by atoms with Crippen LogP contribution in [0.2, 0.25) is 0 Å². The number of hydrogen-bond donors (Lipinski definition) is 2. The molecule has 0 fully saturated rings. The summed E-state index contributed by atoms with van der Waals surface area (Å²) in [7, 11) is 3.33. The summed E-state index contributed by atoms with van der Waals surface area (Å²) in [6.07, 6.45) is 2.01. The van der Waals surface area contributed by atoms with Gasteiger partial charge in [0.1, 0.15) is 5.75 Å². The molecule has 7 heteroatoms. The SMILES string of the molecule is CCC(NC(=O)c1ccc(=O)[nH]c1)c1ccccc1OCC(=O)N(C)C. The highest BCUT2D eigenvalue weighted by molar-refractivity contribution is 5.94. The van der Waals surface area contributed by atoms with Gasteiger partial charge in [0.2, 0.25) is 5.56 Å². The number of amides is 2. The predicted octanol–water partition coefficient (Wildman–Crippen LogP) is 1.72. The van der Waals surface area contributed by atoms with E-state index in [1.807, 2.05) is 25.1 Å². The van der Waals surface area contributed by atoms with Gasteiger partial charge >= 0.3 is 0 Å². The molecule has 1 atom stereocenters. The van der Waals surface area contributed by atoms with Gasteiger partial charge in [0.15, 0.2) is 6.61 Å². The van der Waals surface area contributed by atoms with Gasteiger partial charge in [0.05, 0.1) is 11.6 Å². The molecule has 2 amide bonds. The lowest BCUT2D eigenvalue weighted by molar-refractivity contribution is -0.130. The quantitative estimate of drug-likeness (QED) is 0.789. The number of H-pyrrole nitrogens is 1. The number of pyridine rings is 1. The number of ether oxygens (including phenoxy) is 1. The standard InChI is InChI=1S/C19H23N3O4/c1-4-15(21-19(25)13-9-10-17(23)20-11-13)14-7-5-6-8-16(14)26-12-18(24)22(2)3/h5-11,15H,4,12H2,1-3H3,(H,20,23)(H,21,25). The molecule has 0 saturated carbocycles. The lowest BCUT2D eigenvalue weighted by Crippen LogP contribution is -2.30. The van der Waals surface area contributed by atoms with Gasteiger partial charge in [-0.2, -0.15) is 0 Å². The lowest BCUT2D eigenvalue weighted by atomic mass is 10.0. The number of carbonyl (C=O) groups is 2. The Bertz CT molecular complexity index is 809. The van der Waals surface area contributed by atoms with E-state index in [9.17, 15) is 14.4 Å². The van der Waals surface area contributed by atoms with Crippen molar-refractivity contribution in [3.8, 4) is 5.75 Å². The molecular weight excluding hydrogens is 334 g/mol. The maximum absolute atomic E-state index is 12.4. The highest BCUT2D eigenvalue weighted by Gasteiger charge is 2.18. The van der Waals surface area contributed by atoms with Crippen LogP contribution in [-0.2, 0) is 4.79 Å². The van der Waals surface area contributed by atoms with Crippen LogP contribution in [0.1, 0.15) is 35.3 Å². The summed E-state index contributed by atoms with van der Waals surface area (Å²) < 4.78 is 5.66. The van der Waals surface area contributed by atoms with Crippen molar-refractivity contribution in [3.63, 3.8) is 0 Å². The van der Waals surface area contributed by atoms with Gasteiger partial charge < -0.3 is 19.9 Å². The zero-order valence-electron chi connectivity index (χ0n) is 15.1. The minimum atomic E-state index is -0.299. The average Bonchev–Trinajstić information content (AvgIpc) is 2.64. The van der Waals surface area contributed by atoms with Gasteiger partial charge in [-0.25, -0.2) is 0 Å². The van der Waals surface area contributed by atoms with Crippen molar-refractivity contribution in [2.75, 3.05) is 20.7 Å². The number of aromatic amines is 1. The van der Waals surface area contributed by atoms with Gasteiger partial charge in [0.25, 0.3) is 11.8 Å². The largest absolute Gasteiger partial charge is 0.483 e. The predicted molar refractivity (Wildman–Crippen MR) is 98.2 cm³/mol. The number of nitrogens with one attached hydrogen (secondary N) is 2. The number of hydrogen-bond acceptors (Lipinski definition) is 4. The minimum absolute atomic E-state index is 0.0751. The topological polar surface area (TPSA) is 91.5 Å². The van der Waals surface area contributed by atoms with Crippen LogP contribution < -0.4 is 15.6 Å². The Morgan fingerprint density at radius 1 is 1.19 bits per heavy atom. The molecule has 1 unspecified atom stereocenters. The summed E-state index contributed by atoms with van der Waals surface area (Å²) in [6.45, 7) is 1.87. The Labute approximate surface area is 152 Å². The van der Waals surface area contributed by atoms with Crippen molar-refractivity contribution in [1.82, 2.24) is 15.2 Å². The molecule has 2 rings (SSSR count). The Morgan fingerprint density at radius 3 is 2.54 bits per heavy atom. The summed E-state index contributed by atoms with van der Waals surface area (Å²) in [6, 6.07) is 9.78. The number of para-hydroxylation sites is 1. The van der Waals surface area contributed by atoms with E-state index < -0.39 is 0 Å². The molecule has 0 aliphatic carbocycles. The van der Waals surface area contributed by atoms with Crippen LogP contribution in [0.3, 0.4) is 0 Å². The van der Waals surface area contributed by atoms with E-state index in [0.717, 1.165) is 5.56 Å². The highest BCUT2D eigenvalue weighted by atomic mass is 16.5. The molecule has 2 N–H and O–H groups in total. The van der Waals surface area contributed by atoms with E-state index in [1.165, 1.54) is 23.2 Å². The third-order valence-corrected chi connectivity index (χ3v) is 3.90. The molecule has 2 aromatic rings. The van der Waals surface area contributed by atoms with Crippen molar-refractivity contribution in [2.45, 2.75) is 19.4 Å². The molecule has 0 aliphatic rings. The third-order valence-electron chi connectivity index (χ3n) is 3.90. The third kappa shape index (κ3) is 4.95. The minimum Gasteiger partial charge on any atom is -0.483 e. The van der Waals surface area contributed by atoms with Crippen LogP contribution in [0.5, 0.6) is 5.75 Å². The first-order valence-corrected chi connectivity index (χ1v) is 8.33. The maximum atomic E-state index is 12.4. The first-order chi connectivity index (χ1) is 12.4. The van der Waals surface area contributed by atoms with Gasteiger partial charge in [0, 0.05) is 31.9 Å². The molecule has 0 radical (unpaired) electrons. The zero-order valence-corrected chi connectivity index (χ0v) is 15.1. The Morgan fingerprint density at radius 2 is 1.92 bits per heavy atom. The van der Waals surface area contributed by atoms with E-state index >= 15 is 0 Å². The van der Waals surface area contributed by atoms with Crippen LogP contribution in [0.25, 0.3) is 0 Å². The number of rotatable bonds is 7. The summed E-state index contributed by atoms with van der Waals surface area (Å²) in [5, 5.41) is 2.93. The Balaban J connectivity index is 2.16. The monoisotopic (exact) mass is 357 g/mol. The molecule has 1 aromatic heterocycles. The summed E-state index contributed by atoms with van der Waals surface area (Å²) in [4.78, 5) is 39.3. The van der Waals surface area contributed by atoms with E-state index in [-0.39, 0.29) is 30.0 Å². The van der Waals surface area contributed by atoms with E-state index in [0.29, 0.717) is 17.7 Å². The molecule has 26 heavy (non-hydrogen) atoms. The van der Waals surface area contributed by atoms with Crippen molar-refractivity contribution < 1.29 is 14.3 Å². The van der Waals surface area contributed by atoms with Gasteiger partial charge in [-0.3, -0.25) is 14.4 Å². The van der Waals surface area contributed by atoms with Crippen LogP contribution in [0.4, 0.5) is 0 Å². The molecule has 1 aromatic carbocycles. The van der Waals surface area contributed by atoms with E-state index in [2.05, 4.69) is 10.3 Å². The van der Waals surface area contributed by atoms with Crippen molar-refractivity contribution in [3.05, 3.63) is 64.1 Å². The number of carbonyl (C=O) groups excluding carboxylic acids is 2. The van der Waals surface area contributed by atoms with Crippen LogP contribution >= 0.6 is 0 Å². The maximum Gasteiger partial charge on any atom is 0.259 e. The second-order valence-electron chi connectivity index (χ2n) is 5.99. The number of likely N-dealkylation sites (N-methyl/N-ethyl adjacent to an activating group) is 1. The van der Waals surface area contributed by atoms with Crippen molar-refractivity contribution >= 4 is 11.8 Å². The van der Waals surface area contributed by atoms with E-state index in [1.54, 1.807) is 20.2 Å². The molecule has 0 saturated heterocycles. The van der Waals surface area contributed by atoms with Crippen LogP contribution in [-0.4, -0.2) is 42.4 Å². The summed E-state index contributed by atoms with van der Waals surface area (Å²) in [5.41, 5.74) is 0.890. The molecule has 1 heterocycles. The number of benzene rings is 1. The fourth-order valence-electron chi connectivity index (χ4n) is 2.36. The number of aromatic nitrogens is 1. The van der Waals surface area contributed by atoms with Gasteiger partial charge in [-0.05, 0) is 18.6 Å². The van der Waals surface area contributed by atoms with Gasteiger partial charge in [-0.15, -0.1) is 0 Å². The molecule has 7 nitrogen and oxygen atoms in total. The molecule has 0 bridgehead atoms. The normalized spacial score (nSPS) is 11.5. The second-order valence-corrected chi connectivity index (χ2v) is 5.99. The second kappa shape index (κ2) is 8.84. The smallest absolute Gasteiger partial charge is 0.259 e. The molecule has 0 aliphatic heterocycles. The molecule has 0 spiro atoms. The molecule has 138 valence electrons. The van der Waals surface area contributed by atoms with E-state index in [4.69, 9.17) is 4.74 Å². The summed E-state index contributed by atoms with van der Waals surface area (Å²) in [5.74, 6) is 0.105. The fourth-order valence-corrected chi connectivity index (χ4v) is 2.36. The number of nitrogens with zero attached hydrogens (tertiary/aromatic N) is 1. The van der Waals surface area contributed by atoms with Crippen LogP contribution in [0, 0.1) is 0 Å². The van der Waals surface area contributed by atoms with Crippen molar-refractivity contribution in [2.24, 2.45) is 0 Å². The highest BCUT2D eigenvalue weighted by Crippen LogP contribution is 2.27. The zero-order chi connectivity index (χ0) is 19.1. The Hall–Kier alpha value is -3.09. The summed E-state index contributed by atoms with van der Waals surface area (Å²) >= 11 is 0. The molecular formula is C19H23N3O4. The van der Waals surface area contributed by atoms with Crippen molar-refractivity contribution in [1.29, 1.82) is 0 Å².